The number of carboxylic acid groups (broad SMARTS) is 1. The van der Waals surface area contributed by atoms with Crippen LogP contribution in [-0.4, -0.2) is 107 Å². The molecule has 1 heterocycles. The smallest absolute Gasteiger partial charge is 0.306 e. The largest absolute Gasteiger partial charge is 0.481 e. The highest BCUT2D eigenvalue weighted by Gasteiger charge is 2.39. The molecule has 0 radical (unpaired) electrons. The average Bonchev–Trinajstić information content (AvgIpc) is 3.26. The second-order valence-corrected chi connectivity index (χ2v) is 12.1. The van der Waals surface area contributed by atoms with E-state index in [1.54, 1.807) is 14.1 Å². The first-order valence-corrected chi connectivity index (χ1v) is 15.2. The Morgan fingerprint density at radius 1 is 0.930 bits per heavy atom. The Hall–Kier alpha value is -3.28. The van der Waals surface area contributed by atoms with Gasteiger partial charge in [-0.25, -0.2) is 0 Å². The number of likely N-dealkylation sites (N-methyl/N-ethyl adjacent to an activating group) is 2. The fraction of sp³-hybridized carbons (Fsp3) is 0.742. The highest BCUT2D eigenvalue weighted by atomic mass is 16.5. The van der Waals surface area contributed by atoms with Crippen molar-refractivity contribution in [2.75, 3.05) is 27.7 Å². The number of hydrogen-bond donors (Lipinski definition) is 2. The third kappa shape index (κ3) is 10.7. The van der Waals surface area contributed by atoms with Crippen LogP contribution in [0.5, 0.6) is 0 Å². The van der Waals surface area contributed by atoms with E-state index in [4.69, 9.17) is 4.74 Å². The molecule has 5 amide bonds. The standard InChI is InChI=1S/C31H52N4O8/c1-10-21(6)29(22(43-9)18-26(39)40)34(8)31(42)27(19(2)3)32-30(41)28(20(4)5)33(7)23(36)14-12-11-13-17-35-24(37)15-16-25(35)38/h15-16,19-22,27-29H,10-14,17-18H2,1-9H3,(H,32,41)(H,39,40)/t21-,22+,27?,28-,29-/m0/s1. The third-order valence-corrected chi connectivity index (χ3v) is 8.20. The molecule has 2 N–H and O–H groups in total. The Balaban J connectivity index is 2.93. The number of unbranched alkanes of at least 4 members (excludes halogenated alkanes) is 2. The van der Waals surface area contributed by atoms with Crippen LogP contribution in [0.2, 0.25) is 0 Å². The van der Waals surface area contributed by atoms with Gasteiger partial charge in [-0.1, -0.05) is 54.4 Å². The second kappa shape index (κ2) is 17.7. The Morgan fingerprint density at radius 3 is 1.98 bits per heavy atom. The molecule has 1 unspecified atom stereocenters. The monoisotopic (exact) mass is 608 g/mol. The van der Waals surface area contributed by atoms with Crippen molar-refractivity contribution < 1.29 is 38.6 Å². The van der Waals surface area contributed by atoms with Crippen LogP contribution in [0, 0.1) is 17.8 Å². The quantitative estimate of drug-likeness (QED) is 0.168. The first kappa shape index (κ1) is 37.7. The predicted octanol–water partition coefficient (Wildman–Crippen LogP) is 2.46. The summed E-state index contributed by atoms with van der Waals surface area (Å²) < 4.78 is 5.51. The molecule has 12 nitrogen and oxygen atoms in total. The molecule has 1 aliphatic heterocycles. The van der Waals surface area contributed by atoms with E-state index in [1.807, 2.05) is 41.5 Å². The summed E-state index contributed by atoms with van der Waals surface area (Å²) in [6, 6.07) is -2.25. The molecular formula is C31H52N4O8. The van der Waals surface area contributed by atoms with Crippen LogP contribution in [0.1, 0.15) is 80.1 Å². The lowest BCUT2D eigenvalue weighted by Crippen LogP contribution is -2.60. The van der Waals surface area contributed by atoms with Crippen LogP contribution in [0.3, 0.4) is 0 Å². The maximum atomic E-state index is 13.8. The van der Waals surface area contributed by atoms with Gasteiger partial charge in [0.25, 0.3) is 11.8 Å². The second-order valence-electron chi connectivity index (χ2n) is 12.1. The Labute approximate surface area is 256 Å². The minimum Gasteiger partial charge on any atom is -0.481 e. The Kier molecular flexibility index (Phi) is 15.6. The van der Waals surface area contributed by atoms with Gasteiger partial charge in [-0.2, -0.15) is 0 Å². The molecule has 5 atom stereocenters. The predicted molar refractivity (Wildman–Crippen MR) is 162 cm³/mol. The summed E-state index contributed by atoms with van der Waals surface area (Å²) >= 11 is 0. The molecule has 0 bridgehead atoms. The number of carbonyl (C=O) groups is 6. The number of nitrogens with one attached hydrogen (secondary N) is 1. The zero-order valence-electron chi connectivity index (χ0n) is 27.3. The maximum Gasteiger partial charge on any atom is 0.306 e. The molecule has 244 valence electrons. The van der Waals surface area contributed by atoms with Crippen molar-refractivity contribution in [1.82, 2.24) is 20.0 Å². The van der Waals surface area contributed by atoms with E-state index in [0.717, 1.165) is 0 Å². The SMILES string of the molecule is CC[C@H](C)[C@@H]([C@@H](CC(=O)O)OC)N(C)C(=O)C(NC(=O)[C@H](C(C)C)N(C)C(=O)CCCCCN1C(=O)C=CC1=O)C(C)C. The number of aliphatic carboxylic acids is 1. The number of carboxylic acids is 1. The van der Waals surface area contributed by atoms with Gasteiger partial charge in [-0.3, -0.25) is 33.7 Å². The molecule has 0 aromatic rings. The fourth-order valence-corrected chi connectivity index (χ4v) is 5.50. The number of ether oxygens (including phenoxy) is 1. The van der Waals surface area contributed by atoms with E-state index >= 15 is 0 Å². The molecule has 1 aliphatic rings. The molecule has 0 fully saturated rings. The highest BCUT2D eigenvalue weighted by molar-refractivity contribution is 6.12. The van der Waals surface area contributed by atoms with Crippen LogP contribution in [0.15, 0.2) is 12.2 Å². The van der Waals surface area contributed by atoms with Crippen molar-refractivity contribution in [2.24, 2.45) is 17.8 Å². The highest BCUT2D eigenvalue weighted by Crippen LogP contribution is 2.23. The van der Waals surface area contributed by atoms with Gasteiger partial charge in [0.2, 0.25) is 17.7 Å². The van der Waals surface area contributed by atoms with Crippen molar-refractivity contribution in [3.63, 3.8) is 0 Å². The van der Waals surface area contributed by atoms with Gasteiger partial charge in [-0.05, 0) is 30.6 Å². The summed E-state index contributed by atoms with van der Waals surface area (Å²) in [6.07, 6.45) is 4.11. The average molecular weight is 609 g/mol. The lowest BCUT2D eigenvalue weighted by Gasteiger charge is -2.40. The lowest BCUT2D eigenvalue weighted by molar-refractivity contribution is -0.149. The molecule has 0 aromatic carbocycles. The lowest BCUT2D eigenvalue weighted by atomic mass is 9.90. The molecule has 1 rings (SSSR count). The number of methoxy groups -OCH3 is 1. The molecule has 0 aliphatic carbocycles. The number of hydrogen-bond acceptors (Lipinski definition) is 7. The summed E-state index contributed by atoms with van der Waals surface area (Å²) in [5.74, 6) is -3.30. The van der Waals surface area contributed by atoms with Crippen molar-refractivity contribution in [1.29, 1.82) is 0 Å². The van der Waals surface area contributed by atoms with E-state index in [0.29, 0.717) is 32.2 Å². The van der Waals surface area contributed by atoms with Crippen molar-refractivity contribution in [3.05, 3.63) is 12.2 Å². The number of amides is 5. The molecule has 43 heavy (non-hydrogen) atoms. The molecule has 0 saturated carbocycles. The fourth-order valence-electron chi connectivity index (χ4n) is 5.50. The van der Waals surface area contributed by atoms with Gasteiger partial charge in [-0.15, -0.1) is 0 Å². The van der Waals surface area contributed by atoms with Crippen LogP contribution < -0.4 is 5.32 Å². The number of rotatable bonds is 19. The van der Waals surface area contributed by atoms with E-state index < -0.39 is 36.1 Å². The molecule has 0 saturated heterocycles. The summed E-state index contributed by atoms with van der Waals surface area (Å²) in [6.45, 7) is 11.5. The minimum absolute atomic E-state index is 0.0677. The molecular weight excluding hydrogens is 556 g/mol. The zero-order chi connectivity index (χ0) is 33.0. The van der Waals surface area contributed by atoms with Gasteiger partial charge in [0, 0.05) is 46.3 Å². The van der Waals surface area contributed by atoms with Crippen LogP contribution in [-0.2, 0) is 33.5 Å². The van der Waals surface area contributed by atoms with Gasteiger partial charge < -0.3 is 25.0 Å². The minimum atomic E-state index is -1.03. The van der Waals surface area contributed by atoms with E-state index in [2.05, 4.69) is 5.32 Å². The van der Waals surface area contributed by atoms with Gasteiger partial charge in [0.1, 0.15) is 12.1 Å². The summed E-state index contributed by atoms with van der Waals surface area (Å²) in [5, 5.41) is 12.3. The van der Waals surface area contributed by atoms with Crippen LogP contribution in [0.25, 0.3) is 0 Å². The van der Waals surface area contributed by atoms with E-state index in [9.17, 15) is 33.9 Å². The molecule has 0 aromatic heterocycles. The van der Waals surface area contributed by atoms with E-state index in [-0.39, 0.29) is 54.2 Å². The number of nitrogens with zero attached hydrogens (tertiary/aromatic N) is 3. The first-order valence-electron chi connectivity index (χ1n) is 15.2. The number of carbonyl (C=O) groups excluding carboxylic acids is 5. The van der Waals surface area contributed by atoms with Crippen LogP contribution >= 0.6 is 0 Å². The summed E-state index contributed by atoms with van der Waals surface area (Å²) in [4.78, 5) is 79.4. The van der Waals surface area contributed by atoms with Crippen molar-refractivity contribution in [3.8, 4) is 0 Å². The third-order valence-electron chi connectivity index (χ3n) is 8.20. The Morgan fingerprint density at radius 2 is 1.51 bits per heavy atom. The molecule has 12 heteroatoms. The normalized spacial score (nSPS) is 16.7. The molecule has 0 spiro atoms. The maximum absolute atomic E-state index is 13.8. The zero-order valence-corrected chi connectivity index (χ0v) is 27.3. The summed E-state index contributed by atoms with van der Waals surface area (Å²) in [7, 11) is 4.61. The first-order chi connectivity index (χ1) is 20.1. The van der Waals surface area contributed by atoms with Gasteiger partial charge in [0.05, 0.1) is 18.6 Å². The van der Waals surface area contributed by atoms with Gasteiger partial charge >= 0.3 is 5.97 Å². The van der Waals surface area contributed by atoms with Crippen molar-refractivity contribution >= 4 is 35.5 Å². The number of imide groups is 1. The Bertz CT molecular complexity index is 1010. The van der Waals surface area contributed by atoms with Crippen molar-refractivity contribution in [2.45, 2.75) is 104 Å². The van der Waals surface area contributed by atoms with E-state index in [1.165, 1.54) is 34.0 Å². The van der Waals surface area contributed by atoms with Gasteiger partial charge in [0.15, 0.2) is 0 Å². The topological polar surface area (TPSA) is 154 Å². The summed E-state index contributed by atoms with van der Waals surface area (Å²) in [5.41, 5.74) is 0. The van der Waals surface area contributed by atoms with Crippen LogP contribution in [0.4, 0.5) is 0 Å².